The van der Waals surface area contributed by atoms with E-state index in [-0.39, 0.29) is 0 Å². The molecule has 0 aliphatic heterocycles. The molecule has 0 amide bonds. The predicted octanol–water partition coefficient (Wildman–Crippen LogP) is 3.71. The quantitative estimate of drug-likeness (QED) is 0.703. The predicted molar refractivity (Wildman–Crippen MR) is 70.1 cm³/mol. The third kappa shape index (κ3) is 1.72. The number of fused-ring (bicyclic) bond motifs is 1. The number of rotatable bonds is 2. The molecule has 0 fully saturated rings. The minimum Gasteiger partial charge on any atom is -0.360 e. The molecule has 3 rings (SSSR count). The zero-order valence-electron chi connectivity index (χ0n) is 9.72. The Bertz CT molecular complexity index is 625. The molecule has 1 N–H and O–H groups in total. The smallest absolute Gasteiger partial charge is 0.0916 e. The number of hydrogen-bond acceptors (Lipinski definition) is 1. The molecule has 1 atom stereocenters. The highest BCUT2D eigenvalue weighted by atomic mass is 14.8. The van der Waals surface area contributed by atoms with Gasteiger partial charge in [-0.3, -0.25) is 4.98 Å². The standard InChI is InChI=1S/C15H14N2/c1-11(12-6-3-2-4-7-12)13-10-17-14-8-5-9-16-15(13)14/h2-11,17H,1H3. The van der Waals surface area contributed by atoms with Crippen LogP contribution in [0.1, 0.15) is 24.0 Å². The molecule has 17 heavy (non-hydrogen) atoms. The first-order valence-corrected chi connectivity index (χ1v) is 5.83. The Morgan fingerprint density at radius 1 is 1.06 bits per heavy atom. The first-order valence-electron chi connectivity index (χ1n) is 5.83. The molecule has 0 spiro atoms. The second-order valence-electron chi connectivity index (χ2n) is 4.28. The molecular weight excluding hydrogens is 208 g/mol. The molecule has 3 aromatic rings. The van der Waals surface area contributed by atoms with Gasteiger partial charge in [0.2, 0.25) is 0 Å². The summed E-state index contributed by atoms with van der Waals surface area (Å²) in [5.41, 5.74) is 4.75. The molecule has 0 radical (unpaired) electrons. The van der Waals surface area contributed by atoms with Crippen molar-refractivity contribution in [2.75, 3.05) is 0 Å². The van der Waals surface area contributed by atoms with E-state index in [0.717, 1.165) is 11.0 Å². The number of aromatic nitrogens is 2. The lowest BCUT2D eigenvalue weighted by Gasteiger charge is -2.10. The summed E-state index contributed by atoms with van der Waals surface area (Å²) in [6.07, 6.45) is 3.91. The molecule has 0 aliphatic carbocycles. The van der Waals surface area contributed by atoms with E-state index in [4.69, 9.17) is 0 Å². The molecule has 2 heteroatoms. The van der Waals surface area contributed by atoms with Crippen molar-refractivity contribution in [3.05, 3.63) is 66.0 Å². The minimum absolute atomic E-state index is 0.361. The Morgan fingerprint density at radius 2 is 1.88 bits per heavy atom. The summed E-state index contributed by atoms with van der Waals surface area (Å²) in [6, 6.07) is 14.5. The normalized spacial score (nSPS) is 12.8. The van der Waals surface area contributed by atoms with Gasteiger partial charge in [0.15, 0.2) is 0 Å². The van der Waals surface area contributed by atoms with Crippen molar-refractivity contribution in [1.82, 2.24) is 9.97 Å². The average Bonchev–Trinajstić information content (AvgIpc) is 2.83. The summed E-state index contributed by atoms with van der Waals surface area (Å²) >= 11 is 0. The van der Waals surface area contributed by atoms with Crippen molar-refractivity contribution in [1.29, 1.82) is 0 Å². The van der Waals surface area contributed by atoms with Crippen LogP contribution < -0.4 is 0 Å². The van der Waals surface area contributed by atoms with Crippen LogP contribution in [0.25, 0.3) is 11.0 Å². The fourth-order valence-electron chi connectivity index (χ4n) is 2.23. The number of H-pyrrole nitrogens is 1. The Balaban J connectivity index is 2.10. The lowest BCUT2D eigenvalue weighted by Crippen LogP contribution is -1.94. The van der Waals surface area contributed by atoms with E-state index in [2.05, 4.69) is 53.4 Å². The fourth-order valence-corrected chi connectivity index (χ4v) is 2.23. The summed E-state index contributed by atoms with van der Waals surface area (Å²) < 4.78 is 0. The lowest BCUT2D eigenvalue weighted by atomic mass is 9.94. The van der Waals surface area contributed by atoms with E-state index in [1.807, 2.05) is 18.3 Å². The number of nitrogens with one attached hydrogen (secondary N) is 1. The molecule has 0 bridgehead atoms. The van der Waals surface area contributed by atoms with Crippen LogP contribution in [0.5, 0.6) is 0 Å². The van der Waals surface area contributed by atoms with E-state index in [1.165, 1.54) is 11.1 Å². The van der Waals surface area contributed by atoms with Crippen LogP contribution in [-0.2, 0) is 0 Å². The summed E-state index contributed by atoms with van der Waals surface area (Å²) in [6.45, 7) is 2.21. The van der Waals surface area contributed by atoms with Crippen molar-refractivity contribution in [2.45, 2.75) is 12.8 Å². The molecular formula is C15H14N2. The van der Waals surface area contributed by atoms with Gasteiger partial charge >= 0.3 is 0 Å². The second kappa shape index (κ2) is 4.06. The highest BCUT2D eigenvalue weighted by Gasteiger charge is 2.13. The van der Waals surface area contributed by atoms with E-state index in [0.29, 0.717) is 5.92 Å². The molecule has 0 aliphatic rings. The van der Waals surface area contributed by atoms with Gasteiger partial charge in [-0.2, -0.15) is 0 Å². The highest BCUT2D eigenvalue weighted by Crippen LogP contribution is 2.28. The van der Waals surface area contributed by atoms with Crippen molar-refractivity contribution in [3.63, 3.8) is 0 Å². The lowest BCUT2D eigenvalue weighted by molar-refractivity contribution is 0.928. The van der Waals surface area contributed by atoms with Gasteiger partial charge in [0.25, 0.3) is 0 Å². The minimum atomic E-state index is 0.361. The summed E-state index contributed by atoms with van der Waals surface area (Å²) in [5, 5.41) is 0. The van der Waals surface area contributed by atoms with Crippen molar-refractivity contribution in [2.24, 2.45) is 0 Å². The molecule has 1 aromatic carbocycles. The summed E-state index contributed by atoms with van der Waals surface area (Å²) in [5.74, 6) is 0.361. The number of nitrogens with zero attached hydrogens (tertiary/aromatic N) is 1. The molecule has 0 saturated carbocycles. The van der Waals surface area contributed by atoms with Gasteiger partial charge in [-0.05, 0) is 17.7 Å². The SMILES string of the molecule is CC(c1ccccc1)c1c[nH]c2cccnc12. The Morgan fingerprint density at radius 3 is 2.71 bits per heavy atom. The van der Waals surface area contributed by atoms with Gasteiger partial charge in [0.05, 0.1) is 11.0 Å². The summed E-state index contributed by atoms with van der Waals surface area (Å²) in [7, 11) is 0. The molecule has 2 nitrogen and oxygen atoms in total. The molecule has 1 unspecified atom stereocenters. The monoisotopic (exact) mass is 222 g/mol. The van der Waals surface area contributed by atoms with Crippen LogP contribution in [0.4, 0.5) is 0 Å². The van der Waals surface area contributed by atoms with Crippen LogP contribution in [-0.4, -0.2) is 9.97 Å². The zero-order chi connectivity index (χ0) is 11.7. The molecule has 2 aromatic heterocycles. The highest BCUT2D eigenvalue weighted by molar-refractivity contribution is 5.79. The van der Waals surface area contributed by atoms with Gasteiger partial charge in [0.1, 0.15) is 0 Å². The topological polar surface area (TPSA) is 28.7 Å². The second-order valence-corrected chi connectivity index (χ2v) is 4.28. The van der Waals surface area contributed by atoms with Crippen LogP contribution in [0.15, 0.2) is 54.9 Å². The zero-order valence-corrected chi connectivity index (χ0v) is 9.72. The van der Waals surface area contributed by atoms with Crippen LogP contribution in [0.2, 0.25) is 0 Å². The van der Waals surface area contributed by atoms with Gasteiger partial charge in [-0.1, -0.05) is 37.3 Å². The molecule has 84 valence electrons. The third-order valence-electron chi connectivity index (χ3n) is 3.23. The number of aromatic amines is 1. The van der Waals surface area contributed by atoms with E-state index < -0.39 is 0 Å². The van der Waals surface area contributed by atoms with E-state index in [1.54, 1.807) is 0 Å². The number of pyridine rings is 1. The first kappa shape index (κ1) is 10.1. The van der Waals surface area contributed by atoms with Crippen molar-refractivity contribution < 1.29 is 0 Å². The Labute approximate surface area is 100 Å². The first-order chi connectivity index (χ1) is 8.36. The van der Waals surface area contributed by atoms with Crippen molar-refractivity contribution in [3.8, 4) is 0 Å². The third-order valence-corrected chi connectivity index (χ3v) is 3.23. The van der Waals surface area contributed by atoms with Crippen LogP contribution in [0.3, 0.4) is 0 Å². The summed E-state index contributed by atoms with van der Waals surface area (Å²) in [4.78, 5) is 7.73. The maximum Gasteiger partial charge on any atom is 0.0916 e. The van der Waals surface area contributed by atoms with Gasteiger partial charge in [-0.15, -0.1) is 0 Å². The fraction of sp³-hybridized carbons (Fsp3) is 0.133. The van der Waals surface area contributed by atoms with E-state index >= 15 is 0 Å². The number of hydrogen-bond donors (Lipinski definition) is 1. The molecule has 0 saturated heterocycles. The average molecular weight is 222 g/mol. The number of benzene rings is 1. The van der Waals surface area contributed by atoms with Gasteiger partial charge in [-0.25, -0.2) is 0 Å². The maximum absolute atomic E-state index is 4.46. The largest absolute Gasteiger partial charge is 0.360 e. The molecule has 2 heterocycles. The van der Waals surface area contributed by atoms with Gasteiger partial charge < -0.3 is 4.98 Å². The van der Waals surface area contributed by atoms with Crippen LogP contribution >= 0.6 is 0 Å². The Hall–Kier alpha value is -2.09. The Kier molecular flexibility index (Phi) is 2.41. The van der Waals surface area contributed by atoms with Crippen molar-refractivity contribution >= 4 is 11.0 Å². The van der Waals surface area contributed by atoms with E-state index in [9.17, 15) is 0 Å². The van der Waals surface area contributed by atoms with Gasteiger partial charge in [0, 0.05) is 23.9 Å². The van der Waals surface area contributed by atoms with Crippen LogP contribution in [0, 0.1) is 0 Å². The maximum atomic E-state index is 4.46.